The lowest BCUT2D eigenvalue weighted by Crippen LogP contribution is -2.47. The highest BCUT2D eigenvalue weighted by Crippen LogP contribution is 2.40. The van der Waals surface area contributed by atoms with Crippen molar-refractivity contribution in [3.63, 3.8) is 0 Å². The van der Waals surface area contributed by atoms with Gasteiger partial charge in [-0.3, -0.25) is 4.79 Å². The Kier molecular flexibility index (Phi) is 3.77. The van der Waals surface area contributed by atoms with Crippen molar-refractivity contribution in [2.75, 3.05) is 13.1 Å². The molecule has 2 N–H and O–H groups in total. The van der Waals surface area contributed by atoms with Crippen LogP contribution in [0.5, 0.6) is 0 Å². The van der Waals surface area contributed by atoms with Crippen molar-refractivity contribution >= 4 is 5.97 Å². The monoisotopic (exact) mass is 213 g/mol. The maximum Gasteiger partial charge on any atom is 0.310 e. The molecule has 1 rings (SSSR count). The molecule has 0 aliphatic heterocycles. The molecule has 1 aliphatic rings. The summed E-state index contributed by atoms with van der Waals surface area (Å²) in [5.74, 6) is -0.629. The lowest BCUT2D eigenvalue weighted by atomic mass is 9.68. The minimum absolute atomic E-state index is 0.267. The maximum absolute atomic E-state index is 11.1. The predicted molar refractivity (Wildman–Crippen MR) is 60.9 cm³/mol. The average Bonchev–Trinajstić information content (AvgIpc) is 2.09. The first kappa shape index (κ1) is 12.5. The molecular weight excluding hydrogens is 190 g/mol. The lowest BCUT2D eigenvalue weighted by Gasteiger charge is -2.38. The topological polar surface area (TPSA) is 49.3 Å². The minimum atomic E-state index is -0.629. The minimum Gasteiger partial charge on any atom is -0.481 e. The Hall–Kier alpha value is -0.570. The summed E-state index contributed by atoms with van der Waals surface area (Å²) in [6, 6.07) is 0. The smallest absolute Gasteiger partial charge is 0.310 e. The maximum atomic E-state index is 11.1. The summed E-state index contributed by atoms with van der Waals surface area (Å²) < 4.78 is 0. The molecule has 0 aromatic rings. The van der Waals surface area contributed by atoms with Crippen LogP contribution in [0.3, 0.4) is 0 Å². The van der Waals surface area contributed by atoms with E-state index in [2.05, 4.69) is 26.1 Å². The number of carbonyl (C=O) groups is 1. The second kappa shape index (κ2) is 4.52. The first-order valence-corrected chi connectivity index (χ1v) is 5.86. The third kappa shape index (κ3) is 2.94. The van der Waals surface area contributed by atoms with Crippen LogP contribution >= 0.6 is 0 Å². The summed E-state index contributed by atoms with van der Waals surface area (Å²) in [6.45, 7) is 8.10. The van der Waals surface area contributed by atoms with Crippen LogP contribution in [0.4, 0.5) is 0 Å². The van der Waals surface area contributed by atoms with Gasteiger partial charge in [0.2, 0.25) is 0 Å². The first-order valence-electron chi connectivity index (χ1n) is 5.86. The normalized spacial score (nSPS) is 19.7. The summed E-state index contributed by atoms with van der Waals surface area (Å²) in [5.41, 5.74) is -0.187. The molecule has 0 unspecified atom stereocenters. The van der Waals surface area contributed by atoms with E-state index in [1.54, 1.807) is 0 Å². The van der Waals surface area contributed by atoms with Crippen molar-refractivity contribution < 1.29 is 9.90 Å². The zero-order chi connectivity index (χ0) is 11.5. The van der Waals surface area contributed by atoms with Crippen molar-refractivity contribution in [3.8, 4) is 0 Å². The van der Waals surface area contributed by atoms with E-state index >= 15 is 0 Å². The molecular formula is C12H23NO2. The number of hydrogen-bond donors (Lipinski definition) is 2. The predicted octanol–water partition coefficient (Wildman–Crippen LogP) is 2.27. The van der Waals surface area contributed by atoms with Gasteiger partial charge in [0, 0.05) is 13.1 Å². The molecule has 0 aromatic heterocycles. The van der Waals surface area contributed by atoms with E-state index in [1.165, 1.54) is 0 Å². The van der Waals surface area contributed by atoms with Crippen LogP contribution in [0.15, 0.2) is 0 Å². The van der Waals surface area contributed by atoms with Gasteiger partial charge in [0.15, 0.2) is 0 Å². The molecule has 0 atom stereocenters. The fourth-order valence-corrected chi connectivity index (χ4v) is 1.83. The van der Waals surface area contributed by atoms with Crippen molar-refractivity contribution in [3.05, 3.63) is 0 Å². The van der Waals surface area contributed by atoms with Gasteiger partial charge in [0.25, 0.3) is 0 Å². The van der Waals surface area contributed by atoms with Crippen molar-refractivity contribution in [1.82, 2.24) is 5.32 Å². The molecule has 0 radical (unpaired) electrons. The Labute approximate surface area is 92.3 Å². The molecule has 0 aromatic carbocycles. The van der Waals surface area contributed by atoms with Crippen LogP contribution in [0.25, 0.3) is 0 Å². The summed E-state index contributed by atoms with van der Waals surface area (Å²) in [6.07, 6.45) is 3.84. The summed E-state index contributed by atoms with van der Waals surface area (Å²) >= 11 is 0. The van der Waals surface area contributed by atoms with Crippen LogP contribution in [0.1, 0.15) is 46.5 Å². The van der Waals surface area contributed by atoms with Gasteiger partial charge in [0.05, 0.1) is 5.41 Å². The molecule has 1 saturated carbocycles. The molecule has 15 heavy (non-hydrogen) atoms. The Morgan fingerprint density at radius 3 is 2.40 bits per heavy atom. The third-order valence-corrected chi connectivity index (χ3v) is 3.79. The van der Waals surface area contributed by atoms with E-state index in [-0.39, 0.29) is 5.41 Å². The number of rotatable bonds is 6. The molecule has 0 spiro atoms. The second-order valence-electron chi connectivity index (χ2n) is 5.56. The fraction of sp³-hybridized carbons (Fsp3) is 0.917. The Balaban J connectivity index is 2.33. The van der Waals surface area contributed by atoms with Crippen molar-refractivity contribution in [2.45, 2.75) is 46.5 Å². The molecule has 3 nitrogen and oxygen atoms in total. The van der Waals surface area contributed by atoms with E-state index < -0.39 is 11.4 Å². The van der Waals surface area contributed by atoms with Crippen LogP contribution in [0, 0.1) is 10.8 Å². The fourth-order valence-electron chi connectivity index (χ4n) is 1.83. The van der Waals surface area contributed by atoms with E-state index in [0.717, 1.165) is 32.2 Å². The molecule has 0 heterocycles. The highest BCUT2D eigenvalue weighted by molar-refractivity contribution is 5.76. The highest BCUT2D eigenvalue weighted by atomic mass is 16.4. The number of hydrogen-bond acceptors (Lipinski definition) is 2. The number of aliphatic carboxylic acids is 1. The zero-order valence-corrected chi connectivity index (χ0v) is 10.1. The van der Waals surface area contributed by atoms with Gasteiger partial charge in [-0.25, -0.2) is 0 Å². The van der Waals surface area contributed by atoms with Crippen LogP contribution in [-0.2, 0) is 4.79 Å². The number of carboxylic acids is 1. The Morgan fingerprint density at radius 2 is 2.07 bits per heavy atom. The molecule has 1 fully saturated rings. The highest BCUT2D eigenvalue weighted by Gasteiger charge is 2.43. The summed E-state index contributed by atoms with van der Waals surface area (Å²) in [5, 5.41) is 12.5. The van der Waals surface area contributed by atoms with Crippen LogP contribution in [-0.4, -0.2) is 24.2 Å². The molecule has 0 bridgehead atoms. The average molecular weight is 213 g/mol. The Bertz CT molecular complexity index is 232. The van der Waals surface area contributed by atoms with E-state index in [9.17, 15) is 4.79 Å². The number of carboxylic acid groups (broad SMARTS) is 1. The van der Waals surface area contributed by atoms with Crippen molar-refractivity contribution in [2.24, 2.45) is 10.8 Å². The molecule has 3 heteroatoms. The molecule has 0 saturated heterocycles. The van der Waals surface area contributed by atoms with Gasteiger partial charge in [-0.05, 0) is 24.7 Å². The molecule has 1 aliphatic carbocycles. The summed E-state index contributed by atoms with van der Waals surface area (Å²) in [7, 11) is 0. The second-order valence-corrected chi connectivity index (χ2v) is 5.56. The lowest BCUT2D eigenvalue weighted by molar-refractivity contribution is -0.154. The first-order chi connectivity index (χ1) is 6.92. The van der Waals surface area contributed by atoms with Gasteiger partial charge in [-0.15, -0.1) is 0 Å². The SMILES string of the molecule is CCC(C)(C)CNCC1(C(=O)O)CCC1. The van der Waals surface area contributed by atoms with Crippen LogP contribution in [0.2, 0.25) is 0 Å². The van der Waals surface area contributed by atoms with E-state index in [1.807, 2.05) is 0 Å². The zero-order valence-electron chi connectivity index (χ0n) is 10.1. The van der Waals surface area contributed by atoms with Crippen LogP contribution < -0.4 is 5.32 Å². The largest absolute Gasteiger partial charge is 0.481 e. The van der Waals surface area contributed by atoms with E-state index in [0.29, 0.717) is 6.54 Å². The van der Waals surface area contributed by atoms with E-state index in [4.69, 9.17) is 5.11 Å². The quantitative estimate of drug-likeness (QED) is 0.711. The standard InChI is InChI=1S/C12H23NO2/c1-4-11(2,3)8-13-9-12(10(14)15)6-5-7-12/h13H,4-9H2,1-3H3,(H,14,15). The van der Waals surface area contributed by atoms with Gasteiger partial charge in [0.1, 0.15) is 0 Å². The molecule has 88 valence electrons. The van der Waals surface area contributed by atoms with Crippen molar-refractivity contribution in [1.29, 1.82) is 0 Å². The Morgan fingerprint density at radius 1 is 1.47 bits per heavy atom. The van der Waals surface area contributed by atoms with Gasteiger partial charge >= 0.3 is 5.97 Å². The van der Waals surface area contributed by atoms with Gasteiger partial charge in [-0.1, -0.05) is 27.2 Å². The third-order valence-electron chi connectivity index (χ3n) is 3.79. The summed E-state index contributed by atoms with van der Waals surface area (Å²) in [4.78, 5) is 11.1. The number of nitrogens with one attached hydrogen (secondary N) is 1. The molecule has 0 amide bonds. The van der Waals surface area contributed by atoms with Gasteiger partial charge in [-0.2, -0.15) is 0 Å². The van der Waals surface area contributed by atoms with Gasteiger partial charge < -0.3 is 10.4 Å².